The van der Waals surface area contributed by atoms with E-state index in [2.05, 4.69) is 19.9 Å². The van der Waals surface area contributed by atoms with Crippen LogP contribution >= 0.6 is 11.3 Å². The number of benzene rings is 1. The molecule has 0 bridgehead atoms. The van der Waals surface area contributed by atoms with E-state index in [4.69, 9.17) is 4.74 Å². The fraction of sp³-hybridized carbons (Fsp3) is 0.450. The highest BCUT2D eigenvalue weighted by molar-refractivity contribution is 7.14. The van der Waals surface area contributed by atoms with Crippen molar-refractivity contribution in [1.82, 2.24) is 0 Å². The topological polar surface area (TPSA) is 46.5 Å². The zero-order valence-corrected chi connectivity index (χ0v) is 15.5. The number of carbonyl (C=O) groups excluding carboxylic acids is 1. The quantitative estimate of drug-likeness (QED) is 0.658. The number of phenolic OH excluding ortho intramolecular Hbond substituents is 1. The van der Waals surface area contributed by atoms with Gasteiger partial charge in [-0.15, -0.1) is 11.3 Å². The fourth-order valence-electron chi connectivity index (χ4n) is 2.93. The first-order chi connectivity index (χ1) is 11.6. The first-order valence-corrected chi connectivity index (χ1v) is 9.39. The van der Waals surface area contributed by atoms with Crippen molar-refractivity contribution in [2.75, 3.05) is 7.11 Å². The van der Waals surface area contributed by atoms with Gasteiger partial charge in [0.05, 0.1) is 7.11 Å². The number of phenols is 1. The Hall–Kier alpha value is -1.81. The third-order valence-electron chi connectivity index (χ3n) is 4.35. The van der Waals surface area contributed by atoms with Crippen molar-refractivity contribution in [3.05, 3.63) is 51.2 Å². The van der Waals surface area contributed by atoms with Crippen LogP contribution in [0.25, 0.3) is 0 Å². The van der Waals surface area contributed by atoms with E-state index in [0.717, 1.165) is 37.7 Å². The highest BCUT2D eigenvalue weighted by atomic mass is 32.1. The Balaban J connectivity index is 2.04. The van der Waals surface area contributed by atoms with Crippen molar-refractivity contribution in [3.63, 3.8) is 0 Å². The zero-order chi connectivity index (χ0) is 17.5. The fourth-order valence-corrected chi connectivity index (χ4v) is 4.08. The molecule has 1 unspecified atom stereocenters. The Morgan fingerprint density at radius 2 is 2.00 bits per heavy atom. The lowest BCUT2D eigenvalue weighted by molar-refractivity contribution is 0.0606. The highest BCUT2D eigenvalue weighted by Crippen LogP contribution is 2.32. The number of esters is 1. The number of hydrogen-bond donors (Lipinski definition) is 1. The third kappa shape index (κ3) is 4.60. The Morgan fingerprint density at radius 1 is 1.21 bits per heavy atom. The van der Waals surface area contributed by atoms with Crippen LogP contribution in [0.1, 0.15) is 64.7 Å². The van der Waals surface area contributed by atoms with Crippen molar-refractivity contribution in [2.45, 2.75) is 51.9 Å². The number of thiophene rings is 1. The molecule has 1 atom stereocenters. The summed E-state index contributed by atoms with van der Waals surface area (Å²) in [6.07, 6.45) is 4.99. The molecule has 3 nitrogen and oxygen atoms in total. The minimum atomic E-state index is -0.260. The maximum absolute atomic E-state index is 11.6. The van der Waals surface area contributed by atoms with Crippen LogP contribution in [0.4, 0.5) is 0 Å². The smallest absolute Gasteiger partial charge is 0.348 e. The van der Waals surface area contributed by atoms with E-state index in [1.165, 1.54) is 28.9 Å². The summed E-state index contributed by atoms with van der Waals surface area (Å²) in [6.45, 7) is 4.30. The van der Waals surface area contributed by atoms with Crippen LogP contribution in [0.2, 0.25) is 0 Å². The van der Waals surface area contributed by atoms with Crippen molar-refractivity contribution >= 4 is 17.3 Å². The minimum Gasteiger partial charge on any atom is -0.508 e. The number of carbonyl (C=O) groups is 1. The van der Waals surface area contributed by atoms with Gasteiger partial charge in [0.2, 0.25) is 0 Å². The van der Waals surface area contributed by atoms with Gasteiger partial charge in [-0.1, -0.05) is 32.4 Å². The molecule has 0 aliphatic rings. The van der Waals surface area contributed by atoms with Crippen LogP contribution < -0.4 is 0 Å². The van der Waals surface area contributed by atoms with Gasteiger partial charge >= 0.3 is 5.97 Å². The Bertz CT molecular complexity index is 675. The van der Waals surface area contributed by atoms with Gasteiger partial charge in [0.15, 0.2) is 0 Å². The number of aromatic hydroxyl groups is 1. The van der Waals surface area contributed by atoms with Gasteiger partial charge in [-0.05, 0) is 60.9 Å². The molecule has 130 valence electrons. The molecule has 0 saturated carbocycles. The number of hydrogen-bond acceptors (Lipinski definition) is 4. The van der Waals surface area contributed by atoms with Crippen LogP contribution in [-0.4, -0.2) is 18.2 Å². The molecule has 0 fully saturated rings. The standard InChI is InChI=1S/C20H26O3S/c1-4-6-16-13-14(8-10-17(16)21)7-9-15(5-2)18-11-12-19(24-18)20(22)23-3/h8,10-13,15,21H,4-7,9H2,1-3H3. The summed E-state index contributed by atoms with van der Waals surface area (Å²) in [5, 5.41) is 9.90. The molecule has 0 radical (unpaired) electrons. The van der Waals surface area contributed by atoms with Gasteiger partial charge in [0, 0.05) is 4.88 Å². The van der Waals surface area contributed by atoms with E-state index in [9.17, 15) is 9.90 Å². The summed E-state index contributed by atoms with van der Waals surface area (Å²) >= 11 is 1.53. The van der Waals surface area contributed by atoms with Crippen molar-refractivity contribution < 1.29 is 14.6 Å². The van der Waals surface area contributed by atoms with Gasteiger partial charge in [-0.2, -0.15) is 0 Å². The van der Waals surface area contributed by atoms with Crippen LogP contribution in [0.5, 0.6) is 5.75 Å². The van der Waals surface area contributed by atoms with Crippen LogP contribution in [0.15, 0.2) is 30.3 Å². The minimum absolute atomic E-state index is 0.260. The largest absolute Gasteiger partial charge is 0.508 e. The Kier molecular flexibility index (Phi) is 6.85. The lowest BCUT2D eigenvalue weighted by Gasteiger charge is -2.14. The van der Waals surface area contributed by atoms with Crippen molar-refractivity contribution in [2.24, 2.45) is 0 Å². The summed E-state index contributed by atoms with van der Waals surface area (Å²) in [5.74, 6) is 0.578. The Labute approximate surface area is 148 Å². The average Bonchev–Trinajstić information content (AvgIpc) is 3.07. The van der Waals surface area contributed by atoms with Crippen molar-refractivity contribution in [3.8, 4) is 5.75 Å². The molecule has 2 aromatic rings. The zero-order valence-electron chi connectivity index (χ0n) is 14.7. The second-order valence-corrected chi connectivity index (χ2v) is 7.17. The van der Waals surface area contributed by atoms with Gasteiger partial charge in [0.1, 0.15) is 10.6 Å². The summed E-state index contributed by atoms with van der Waals surface area (Å²) in [6, 6.07) is 9.84. The molecule has 0 amide bonds. The van der Waals surface area contributed by atoms with E-state index in [0.29, 0.717) is 16.5 Å². The molecule has 4 heteroatoms. The summed E-state index contributed by atoms with van der Waals surface area (Å²) in [7, 11) is 1.41. The first kappa shape index (κ1) is 18.5. The monoisotopic (exact) mass is 346 g/mol. The normalized spacial score (nSPS) is 12.1. The molecule has 24 heavy (non-hydrogen) atoms. The lowest BCUT2D eigenvalue weighted by atomic mass is 9.94. The number of methoxy groups -OCH3 is 1. The lowest BCUT2D eigenvalue weighted by Crippen LogP contribution is -1.99. The predicted molar refractivity (Wildman–Crippen MR) is 99.1 cm³/mol. The molecule has 0 aliphatic carbocycles. The van der Waals surface area contributed by atoms with Gasteiger partial charge in [-0.25, -0.2) is 4.79 Å². The SMILES string of the molecule is CCCc1cc(CCC(CC)c2ccc(C(=O)OC)s2)ccc1O. The molecule has 0 aliphatic heterocycles. The number of rotatable bonds is 8. The molecule has 0 spiro atoms. The molecule has 1 N–H and O–H groups in total. The maximum atomic E-state index is 11.6. The van der Waals surface area contributed by atoms with E-state index in [1.807, 2.05) is 24.3 Å². The maximum Gasteiger partial charge on any atom is 0.348 e. The molecular formula is C20H26O3S. The van der Waals surface area contributed by atoms with Crippen LogP contribution in [0.3, 0.4) is 0 Å². The van der Waals surface area contributed by atoms with E-state index >= 15 is 0 Å². The van der Waals surface area contributed by atoms with E-state index in [-0.39, 0.29) is 5.97 Å². The predicted octanol–water partition coefficient (Wildman–Crippen LogP) is 5.32. The third-order valence-corrected chi connectivity index (χ3v) is 5.58. The summed E-state index contributed by atoms with van der Waals surface area (Å²) in [4.78, 5) is 13.5. The number of aryl methyl sites for hydroxylation is 2. The van der Waals surface area contributed by atoms with Crippen molar-refractivity contribution in [1.29, 1.82) is 0 Å². The first-order valence-electron chi connectivity index (χ1n) is 8.57. The molecule has 1 heterocycles. The van der Waals surface area contributed by atoms with Crippen LogP contribution in [-0.2, 0) is 17.6 Å². The summed E-state index contributed by atoms with van der Waals surface area (Å²) in [5.41, 5.74) is 2.30. The highest BCUT2D eigenvalue weighted by Gasteiger charge is 2.16. The average molecular weight is 346 g/mol. The van der Waals surface area contributed by atoms with E-state index in [1.54, 1.807) is 0 Å². The molecule has 0 saturated heterocycles. The Morgan fingerprint density at radius 3 is 2.67 bits per heavy atom. The second-order valence-electron chi connectivity index (χ2n) is 6.05. The molecule has 1 aromatic heterocycles. The number of ether oxygens (including phenoxy) is 1. The van der Waals surface area contributed by atoms with Gasteiger partial charge in [-0.3, -0.25) is 0 Å². The van der Waals surface area contributed by atoms with Crippen LogP contribution in [0, 0.1) is 0 Å². The second kappa shape index (κ2) is 8.88. The van der Waals surface area contributed by atoms with E-state index < -0.39 is 0 Å². The van der Waals surface area contributed by atoms with Gasteiger partial charge in [0.25, 0.3) is 0 Å². The van der Waals surface area contributed by atoms with Gasteiger partial charge < -0.3 is 9.84 Å². The molecular weight excluding hydrogens is 320 g/mol. The summed E-state index contributed by atoms with van der Waals surface area (Å²) < 4.78 is 4.79. The molecule has 2 rings (SSSR count). The molecule has 1 aromatic carbocycles.